The second kappa shape index (κ2) is 7.25. The van der Waals surface area contributed by atoms with E-state index in [0.717, 1.165) is 11.8 Å². The van der Waals surface area contributed by atoms with Crippen molar-refractivity contribution in [1.82, 2.24) is 5.32 Å². The van der Waals surface area contributed by atoms with Gasteiger partial charge in [-0.25, -0.2) is 8.42 Å². The van der Waals surface area contributed by atoms with Crippen LogP contribution in [0.25, 0.3) is 0 Å². The topological polar surface area (TPSA) is 83.5 Å². The van der Waals surface area contributed by atoms with Crippen molar-refractivity contribution in [2.75, 3.05) is 12.9 Å². The molecule has 1 aromatic carbocycles. The van der Waals surface area contributed by atoms with E-state index in [4.69, 9.17) is 5.11 Å². The van der Waals surface area contributed by atoms with Crippen LogP contribution in [-0.2, 0) is 21.2 Å². The molecule has 0 saturated carbocycles. The molecule has 0 aliphatic heterocycles. The Balaban J connectivity index is 2.44. The Hall–Kier alpha value is -1.40. The quantitative estimate of drug-likeness (QED) is 0.728. The number of hydrogen-bond acceptors (Lipinski definition) is 4. The number of sulfone groups is 1. The minimum atomic E-state index is -3.18. The Bertz CT molecular complexity index is 508. The van der Waals surface area contributed by atoms with Crippen LogP contribution >= 0.6 is 0 Å². The molecule has 1 amide bonds. The molecule has 5 nitrogen and oxygen atoms in total. The molecule has 0 aromatic heterocycles. The molecule has 6 heteroatoms. The van der Waals surface area contributed by atoms with E-state index in [2.05, 4.69) is 5.32 Å². The van der Waals surface area contributed by atoms with Gasteiger partial charge in [-0.1, -0.05) is 12.1 Å². The number of unbranched alkanes of at least 4 members (excludes halogenated alkanes) is 1. The standard InChI is InChI=1S/C13H19NO4S/c1-19(17,18)12-7-5-11(6-8-12)10-14-13(16)4-2-3-9-15/h5-8,15H,2-4,9-10H2,1H3,(H,14,16). The number of aliphatic hydroxyl groups is 1. The highest BCUT2D eigenvalue weighted by Crippen LogP contribution is 2.10. The number of amides is 1. The van der Waals surface area contributed by atoms with Crippen LogP contribution in [-0.4, -0.2) is 32.3 Å². The number of carbonyl (C=O) groups excluding carboxylic acids is 1. The molecule has 0 unspecified atom stereocenters. The van der Waals surface area contributed by atoms with Crippen molar-refractivity contribution in [3.8, 4) is 0 Å². The molecule has 0 aliphatic rings. The molecule has 1 aromatic rings. The minimum Gasteiger partial charge on any atom is -0.396 e. The van der Waals surface area contributed by atoms with Gasteiger partial charge in [0.1, 0.15) is 0 Å². The highest BCUT2D eigenvalue weighted by molar-refractivity contribution is 7.90. The van der Waals surface area contributed by atoms with Gasteiger partial charge in [-0.15, -0.1) is 0 Å². The Morgan fingerprint density at radius 3 is 2.37 bits per heavy atom. The van der Waals surface area contributed by atoms with E-state index in [1.807, 2.05) is 0 Å². The van der Waals surface area contributed by atoms with E-state index >= 15 is 0 Å². The van der Waals surface area contributed by atoms with Gasteiger partial charge in [0.05, 0.1) is 4.90 Å². The Labute approximate surface area is 113 Å². The fourth-order valence-electron chi connectivity index (χ4n) is 1.54. The van der Waals surface area contributed by atoms with Gasteiger partial charge >= 0.3 is 0 Å². The third kappa shape index (κ3) is 5.85. The van der Waals surface area contributed by atoms with Crippen molar-refractivity contribution in [3.05, 3.63) is 29.8 Å². The summed E-state index contributed by atoms with van der Waals surface area (Å²) in [6, 6.07) is 6.43. The number of rotatable bonds is 7. The summed E-state index contributed by atoms with van der Waals surface area (Å²) in [5.41, 5.74) is 0.850. The molecule has 0 aliphatic carbocycles. The van der Waals surface area contributed by atoms with Gasteiger partial charge in [0.2, 0.25) is 5.91 Å². The number of aliphatic hydroxyl groups excluding tert-OH is 1. The first-order valence-electron chi connectivity index (χ1n) is 6.10. The van der Waals surface area contributed by atoms with E-state index in [9.17, 15) is 13.2 Å². The molecular weight excluding hydrogens is 266 g/mol. The van der Waals surface area contributed by atoms with E-state index in [0.29, 0.717) is 25.8 Å². The summed E-state index contributed by atoms with van der Waals surface area (Å²) in [5.74, 6) is -0.0689. The van der Waals surface area contributed by atoms with Crippen molar-refractivity contribution in [2.24, 2.45) is 0 Å². The lowest BCUT2D eigenvalue weighted by Gasteiger charge is -2.06. The lowest BCUT2D eigenvalue weighted by molar-refractivity contribution is -0.121. The number of benzene rings is 1. The predicted molar refractivity (Wildman–Crippen MR) is 72.3 cm³/mol. The molecule has 0 saturated heterocycles. The van der Waals surface area contributed by atoms with Gasteiger partial charge in [0.15, 0.2) is 9.84 Å². The highest BCUT2D eigenvalue weighted by Gasteiger charge is 2.06. The lowest BCUT2D eigenvalue weighted by atomic mass is 10.2. The summed E-state index contributed by atoms with van der Waals surface area (Å²) >= 11 is 0. The van der Waals surface area contributed by atoms with E-state index in [-0.39, 0.29) is 17.4 Å². The summed E-state index contributed by atoms with van der Waals surface area (Å²) in [4.78, 5) is 11.7. The molecule has 0 heterocycles. The maximum absolute atomic E-state index is 11.4. The van der Waals surface area contributed by atoms with Gasteiger partial charge < -0.3 is 10.4 Å². The average molecular weight is 285 g/mol. The maximum atomic E-state index is 11.4. The fraction of sp³-hybridized carbons (Fsp3) is 0.462. The summed E-state index contributed by atoms with van der Waals surface area (Å²) in [7, 11) is -3.18. The molecule has 1 rings (SSSR count). The van der Waals surface area contributed by atoms with Crippen LogP contribution in [0.15, 0.2) is 29.2 Å². The fourth-order valence-corrected chi connectivity index (χ4v) is 2.17. The highest BCUT2D eigenvalue weighted by atomic mass is 32.2. The normalized spacial score (nSPS) is 11.3. The first-order valence-corrected chi connectivity index (χ1v) is 7.99. The van der Waals surface area contributed by atoms with Crippen LogP contribution in [0.5, 0.6) is 0 Å². The summed E-state index contributed by atoms with van der Waals surface area (Å²) in [6.45, 7) is 0.474. The number of carbonyl (C=O) groups is 1. The van der Waals surface area contributed by atoms with E-state index < -0.39 is 9.84 Å². The third-order valence-corrected chi connectivity index (χ3v) is 3.78. The Kier molecular flexibility index (Phi) is 5.98. The lowest BCUT2D eigenvalue weighted by Crippen LogP contribution is -2.22. The van der Waals surface area contributed by atoms with Crippen LogP contribution in [0.4, 0.5) is 0 Å². The van der Waals surface area contributed by atoms with Crippen molar-refractivity contribution in [1.29, 1.82) is 0 Å². The summed E-state index contributed by atoms with van der Waals surface area (Å²) in [6.07, 6.45) is 2.83. The molecule has 0 fully saturated rings. The molecule has 2 N–H and O–H groups in total. The molecular formula is C13H19NO4S. The number of hydrogen-bond donors (Lipinski definition) is 2. The monoisotopic (exact) mass is 285 g/mol. The van der Waals surface area contributed by atoms with Crippen LogP contribution in [0.3, 0.4) is 0 Å². The smallest absolute Gasteiger partial charge is 0.220 e. The number of nitrogens with one attached hydrogen (secondary N) is 1. The maximum Gasteiger partial charge on any atom is 0.220 e. The zero-order chi connectivity index (χ0) is 14.3. The van der Waals surface area contributed by atoms with Gasteiger partial charge in [0.25, 0.3) is 0 Å². The predicted octanol–water partition coefficient (Wildman–Crippen LogP) is 0.869. The molecule has 0 radical (unpaired) electrons. The molecule has 106 valence electrons. The molecule has 0 spiro atoms. The third-order valence-electron chi connectivity index (χ3n) is 2.65. The molecule has 0 atom stereocenters. The van der Waals surface area contributed by atoms with Gasteiger partial charge in [-0.05, 0) is 30.5 Å². The second-order valence-electron chi connectivity index (χ2n) is 4.37. The Morgan fingerprint density at radius 2 is 1.84 bits per heavy atom. The molecule has 19 heavy (non-hydrogen) atoms. The van der Waals surface area contributed by atoms with Crippen LogP contribution in [0, 0.1) is 0 Å². The first kappa shape index (κ1) is 15.7. The largest absolute Gasteiger partial charge is 0.396 e. The molecule has 0 bridgehead atoms. The van der Waals surface area contributed by atoms with Crippen LogP contribution < -0.4 is 5.32 Å². The van der Waals surface area contributed by atoms with Crippen LogP contribution in [0.1, 0.15) is 24.8 Å². The minimum absolute atomic E-state index is 0.0689. The summed E-state index contributed by atoms with van der Waals surface area (Å²) < 4.78 is 22.5. The van der Waals surface area contributed by atoms with Crippen LogP contribution in [0.2, 0.25) is 0 Å². The zero-order valence-corrected chi connectivity index (χ0v) is 11.7. The van der Waals surface area contributed by atoms with Crippen molar-refractivity contribution in [3.63, 3.8) is 0 Å². The van der Waals surface area contributed by atoms with E-state index in [1.165, 1.54) is 12.1 Å². The van der Waals surface area contributed by atoms with Crippen molar-refractivity contribution >= 4 is 15.7 Å². The SMILES string of the molecule is CS(=O)(=O)c1ccc(CNC(=O)CCCCO)cc1. The van der Waals surface area contributed by atoms with E-state index in [1.54, 1.807) is 12.1 Å². The van der Waals surface area contributed by atoms with Gasteiger partial charge in [-0.3, -0.25) is 4.79 Å². The zero-order valence-electron chi connectivity index (χ0n) is 10.9. The Morgan fingerprint density at radius 1 is 1.21 bits per heavy atom. The van der Waals surface area contributed by atoms with Crippen molar-refractivity contribution < 1.29 is 18.3 Å². The van der Waals surface area contributed by atoms with Gasteiger partial charge in [-0.2, -0.15) is 0 Å². The summed E-state index contributed by atoms with van der Waals surface area (Å²) in [5, 5.41) is 11.3. The van der Waals surface area contributed by atoms with Crippen molar-refractivity contribution in [2.45, 2.75) is 30.7 Å². The first-order chi connectivity index (χ1) is 8.93. The second-order valence-corrected chi connectivity index (χ2v) is 6.39. The van der Waals surface area contributed by atoms with Gasteiger partial charge in [0, 0.05) is 25.8 Å². The average Bonchev–Trinajstić information content (AvgIpc) is 2.36.